The van der Waals surface area contributed by atoms with Crippen molar-refractivity contribution in [3.05, 3.63) is 205 Å². The van der Waals surface area contributed by atoms with E-state index in [1.54, 1.807) is 0 Å². The maximum atomic E-state index is 11.0. The van der Waals surface area contributed by atoms with E-state index in [1.165, 1.54) is 10.8 Å². The van der Waals surface area contributed by atoms with Crippen molar-refractivity contribution in [3.8, 4) is 68.5 Å². The van der Waals surface area contributed by atoms with E-state index in [9.17, 15) is 10.5 Å². The second-order valence-electron chi connectivity index (χ2n) is 14.8. The largest absolute Gasteiger partial charge is 0.309 e. The predicted octanol–water partition coefficient (Wildman–Crippen LogP) is 13.1. The molecule has 0 N–H and O–H groups in total. The van der Waals surface area contributed by atoms with Crippen LogP contribution in [0.1, 0.15) is 11.1 Å². The Morgan fingerprint density at radius 2 is 0.950 bits per heavy atom. The molecule has 6 heteroatoms. The Bertz CT molecular complexity index is 3540. The molecule has 11 rings (SSSR count). The molecule has 3 aromatic heterocycles. The topological polar surface area (TPSA) is 83.2 Å². The highest BCUT2D eigenvalue weighted by Crippen LogP contribution is 2.45. The number of hydrogen-bond acceptors (Lipinski definition) is 4. The fourth-order valence-corrected chi connectivity index (χ4v) is 8.85. The Hall–Kier alpha value is -8.58. The van der Waals surface area contributed by atoms with Crippen LogP contribution in [0.3, 0.4) is 0 Å². The lowest BCUT2D eigenvalue weighted by Crippen LogP contribution is -2.01. The van der Waals surface area contributed by atoms with Crippen LogP contribution in [0.25, 0.3) is 100 Å². The van der Waals surface area contributed by atoms with Gasteiger partial charge in [0, 0.05) is 60.7 Å². The third kappa shape index (κ3) is 5.40. The monoisotopic (exact) mass is 764 g/mol. The van der Waals surface area contributed by atoms with Crippen LogP contribution in [0.2, 0.25) is 0 Å². The molecule has 0 atom stereocenters. The molecule has 278 valence electrons. The van der Waals surface area contributed by atoms with Crippen LogP contribution in [0.15, 0.2) is 194 Å². The number of hydrogen-bond donors (Lipinski definition) is 0. The molecular formula is C54H32N6. The highest BCUT2D eigenvalue weighted by atomic mass is 15.0. The summed E-state index contributed by atoms with van der Waals surface area (Å²) in [5.41, 5.74) is 12.3. The first-order chi connectivity index (χ1) is 29.7. The Morgan fingerprint density at radius 1 is 0.400 bits per heavy atom. The van der Waals surface area contributed by atoms with E-state index < -0.39 is 0 Å². The fraction of sp³-hybridized carbons (Fsp3) is 0. The van der Waals surface area contributed by atoms with Gasteiger partial charge in [-0.25, -0.2) is 9.97 Å². The van der Waals surface area contributed by atoms with Crippen molar-refractivity contribution >= 4 is 43.6 Å². The first kappa shape index (κ1) is 34.7. The molecule has 0 spiro atoms. The molecule has 0 bridgehead atoms. The average Bonchev–Trinajstić information content (AvgIpc) is 3.85. The van der Waals surface area contributed by atoms with Gasteiger partial charge in [0.1, 0.15) is 11.6 Å². The number of para-hydroxylation sites is 4. The maximum Gasteiger partial charge on any atom is 0.160 e. The second-order valence-corrected chi connectivity index (χ2v) is 14.8. The van der Waals surface area contributed by atoms with E-state index in [0.717, 1.165) is 66.5 Å². The maximum absolute atomic E-state index is 11.0. The smallest absolute Gasteiger partial charge is 0.160 e. The van der Waals surface area contributed by atoms with Gasteiger partial charge >= 0.3 is 0 Å². The molecule has 11 aromatic rings. The van der Waals surface area contributed by atoms with Crippen molar-refractivity contribution in [3.63, 3.8) is 0 Å². The number of fused-ring (bicyclic) bond motifs is 7. The first-order valence-electron chi connectivity index (χ1n) is 19.8. The summed E-state index contributed by atoms with van der Waals surface area (Å²) in [6, 6.07) is 70.7. The van der Waals surface area contributed by atoms with E-state index in [-0.39, 0.29) is 0 Å². The molecule has 60 heavy (non-hydrogen) atoms. The quantitative estimate of drug-likeness (QED) is 0.169. The van der Waals surface area contributed by atoms with Crippen molar-refractivity contribution < 1.29 is 0 Å². The lowest BCUT2D eigenvalue weighted by Gasteiger charge is -2.15. The summed E-state index contributed by atoms with van der Waals surface area (Å²) in [6.07, 6.45) is 0. The van der Waals surface area contributed by atoms with Crippen LogP contribution >= 0.6 is 0 Å². The van der Waals surface area contributed by atoms with Crippen LogP contribution in [0.5, 0.6) is 0 Å². The van der Waals surface area contributed by atoms with Crippen LogP contribution in [-0.2, 0) is 0 Å². The zero-order valence-corrected chi connectivity index (χ0v) is 32.2. The van der Waals surface area contributed by atoms with Gasteiger partial charge in [-0.1, -0.05) is 146 Å². The van der Waals surface area contributed by atoms with Gasteiger partial charge in [0.2, 0.25) is 0 Å². The lowest BCUT2D eigenvalue weighted by molar-refractivity contribution is 1.17. The van der Waals surface area contributed by atoms with Crippen LogP contribution in [-0.4, -0.2) is 19.1 Å². The van der Waals surface area contributed by atoms with Crippen molar-refractivity contribution in [1.82, 2.24) is 19.1 Å². The molecule has 8 aromatic carbocycles. The molecule has 0 amide bonds. The molecule has 0 radical (unpaired) electrons. The van der Waals surface area contributed by atoms with E-state index in [1.807, 2.05) is 91.0 Å². The van der Waals surface area contributed by atoms with Crippen molar-refractivity contribution in [1.29, 1.82) is 10.5 Å². The molecule has 0 aliphatic carbocycles. The molecule has 0 saturated heterocycles. The molecule has 0 aliphatic rings. The summed E-state index contributed by atoms with van der Waals surface area (Å²) in [6.45, 7) is 0. The zero-order chi connectivity index (χ0) is 40.2. The van der Waals surface area contributed by atoms with Crippen LogP contribution in [0, 0.1) is 22.7 Å². The fourth-order valence-electron chi connectivity index (χ4n) is 8.85. The normalized spacial score (nSPS) is 11.3. The second kappa shape index (κ2) is 14.1. The average molecular weight is 765 g/mol. The van der Waals surface area contributed by atoms with Gasteiger partial charge in [0.15, 0.2) is 5.82 Å². The number of aromatic nitrogens is 4. The van der Waals surface area contributed by atoms with Crippen molar-refractivity contribution in [2.45, 2.75) is 0 Å². The van der Waals surface area contributed by atoms with Crippen LogP contribution in [0.4, 0.5) is 0 Å². The summed E-state index contributed by atoms with van der Waals surface area (Å²) in [5.74, 6) is 0.503. The first-order valence-corrected chi connectivity index (χ1v) is 19.8. The Kier molecular flexibility index (Phi) is 8.15. The number of nitriles is 2. The molecule has 0 unspecified atom stereocenters. The minimum absolute atomic E-state index is 0.350. The van der Waals surface area contributed by atoms with Gasteiger partial charge in [-0.15, -0.1) is 0 Å². The Labute approximate surface area is 345 Å². The standard InChI is InChI=1S/C54H32N6/c55-33-38-32-37(52-45(34-56)51(35-16-5-1-6-17-35)57-54(58-52)36-18-7-2-8-19-36)28-29-41(38)42-25-15-26-44-50-48(60(53(42)44)40-22-11-4-12-23-40)31-30-47-49(50)43-24-13-14-27-46(43)59(47)39-20-9-3-10-21-39/h1-32H. The van der Waals surface area contributed by atoms with Gasteiger partial charge < -0.3 is 9.13 Å². The molecule has 0 aliphatic heterocycles. The molecule has 3 heterocycles. The van der Waals surface area contributed by atoms with E-state index >= 15 is 0 Å². The third-order valence-electron chi connectivity index (χ3n) is 11.4. The summed E-state index contributed by atoms with van der Waals surface area (Å²) >= 11 is 0. The number of rotatable bonds is 6. The SMILES string of the molecule is N#Cc1cc(-c2nc(-c3ccccc3)nc(-c3ccccc3)c2C#N)ccc1-c1cccc2c3c4c5ccccc5n(-c5ccccc5)c4ccc3n(-c3ccccc3)c12. The van der Waals surface area contributed by atoms with Crippen LogP contribution < -0.4 is 0 Å². The number of nitrogens with zero attached hydrogens (tertiary/aromatic N) is 6. The lowest BCUT2D eigenvalue weighted by atomic mass is 9.93. The highest BCUT2D eigenvalue weighted by molar-refractivity contribution is 6.30. The van der Waals surface area contributed by atoms with Gasteiger partial charge in [-0.05, 0) is 48.5 Å². The summed E-state index contributed by atoms with van der Waals surface area (Å²) in [7, 11) is 0. The summed E-state index contributed by atoms with van der Waals surface area (Å²) in [5, 5.41) is 26.2. The van der Waals surface area contributed by atoms with Gasteiger partial charge in [0.05, 0.1) is 45.1 Å². The zero-order valence-electron chi connectivity index (χ0n) is 32.2. The third-order valence-corrected chi connectivity index (χ3v) is 11.4. The highest BCUT2D eigenvalue weighted by Gasteiger charge is 2.24. The minimum Gasteiger partial charge on any atom is -0.309 e. The molecule has 0 fully saturated rings. The van der Waals surface area contributed by atoms with Gasteiger partial charge in [0.25, 0.3) is 0 Å². The van der Waals surface area contributed by atoms with Crippen molar-refractivity contribution in [2.75, 3.05) is 0 Å². The van der Waals surface area contributed by atoms with E-state index in [2.05, 4.69) is 124 Å². The van der Waals surface area contributed by atoms with E-state index in [4.69, 9.17) is 9.97 Å². The minimum atomic E-state index is 0.350. The van der Waals surface area contributed by atoms with Crippen molar-refractivity contribution in [2.24, 2.45) is 0 Å². The Morgan fingerprint density at radius 3 is 1.62 bits per heavy atom. The summed E-state index contributed by atoms with van der Waals surface area (Å²) < 4.78 is 4.68. The Balaban J connectivity index is 1.18. The molecular weight excluding hydrogens is 733 g/mol. The predicted molar refractivity (Wildman–Crippen MR) is 242 cm³/mol. The number of benzene rings is 8. The van der Waals surface area contributed by atoms with Gasteiger partial charge in [-0.2, -0.15) is 10.5 Å². The molecule has 0 saturated carbocycles. The summed E-state index contributed by atoms with van der Waals surface area (Å²) in [4.78, 5) is 9.94. The van der Waals surface area contributed by atoms with Gasteiger partial charge in [-0.3, -0.25) is 0 Å². The molecule has 6 nitrogen and oxygen atoms in total. The van der Waals surface area contributed by atoms with E-state index in [0.29, 0.717) is 33.9 Å².